The molecule has 0 saturated carbocycles. The van der Waals surface area contributed by atoms with Gasteiger partial charge in [-0.15, -0.1) is 0 Å². The molecule has 2 N–H and O–H groups in total. The topological polar surface area (TPSA) is 75.6 Å². The molecule has 5 nitrogen and oxygen atoms in total. The van der Waals surface area contributed by atoms with Crippen molar-refractivity contribution < 1.29 is 19.4 Å². The van der Waals surface area contributed by atoms with Crippen LogP contribution in [0.25, 0.3) is 11.1 Å². The van der Waals surface area contributed by atoms with Gasteiger partial charge in [0.2, 0.25) is 0 Å². The van der Waals surface area contributed by atoms with Crippen molar-refractivity contribution in [3.8, 4) is 11.1 Å². The first-order valence-corrected chi connectivity index (χ1v) is 10.6. The fourth-order valence-corrected chi connectivity index (χ4v) is 3.25. The van der Waals surface area contributed by atoms with E-state index in [0.29, 0.717) is 23.1 Å². The lowest BCUT2D eigenvalue weighted by molar-refractivity contribution is -0.149. The number of hydrogen-bond donors (Lipinski definition) is 2. The minimum atomic E-state index is -0.705. The van der Waals surface area contributed by atoms with Crippen molar-refractivity contribution in [1.29, 1.82) is 0 Å². The number of amides is 1. The molecule has 1 unspecified atom stereocenters. The number of hydrogen-bond acceptors (Lipinski definition) is 5. The molecule has 0 fully saturated rings. The van der Waals surface area contributed by atoms with E-state index in [1.54, 1.807) is 43.8 Å². The predicted molar refractivity (Wildman–Crippen MR) is 113 cm³/mol. The van der Waals surface area contributed by atoms with Crippen LogP contribution in [-0.4, -0.2) is 41.1 Å². The minimum absolute atomic E-state index is 0.112. The second-order valence-corrected chi connectivity index (χ2v) is 7.68. The highest BCUT2D eigenvalue weighted by atomic mass is 32.2. The highest BCUT2D eigenvalue weighted by Crippen LogP contribution is 2.25. The summed E-state index contributed by atoms with van der Waals surface area (Å²) in [4.78, 5) is 25.4. The Balaban J connectivity index is 2.32. The Hall–Kier alpha value is -2.31. The third-order valence-electron chi connectivity index (χ3n) is 4.15. The van der Waals surface area contributed by atoms with Crippen molar-refractivity contribution in [3.05, 3.63) is 59.7 Å². The first-order valence-electron chi connectivity index (χ1n) is 9.25. The van der Waals surface area contributed by atoms with Gasteiger partial charge in [-0.3, -0.25) is 4.79 Å². The van der Waals surface area contributed by atoms with Crippen LogP contribution in [-0.2, 0) is 16.1 Å². The third-order valence-corrected chi connectivity index (χ3v) is 4.79. The van der Waals surface area contributed by atoms with Crippen molar-refractivity contribution >= 4 is 23.6 Å². The van der Waals surface area contributed by atoms with E-state index in [1.807, 2.05) is 36.6 Å². The van der Waals surface area contributed by atoms with Crippen LogP contribution in [0.2, 0.25) is 0 Å². The summed E-state index contributed by atoms with van der Waals surface area (Å²) in [6.45, 7) is 3.46. The standard InChI is InChI=1S/C22H27NO4S/c1-15(2)27-22(26)20(11-12-28-3)23-21(25)18-10-9-16(14-24)13-19(18)17-7-5-4-6-8-17/h4-10,13,15,20,24H,11-12,14H2,1-3H3,(H,23,25). The molecular formula is C22H27NO4S. The largest absolute Gasteiger partial charge is 0.461 e. The molecule has 0 saturated heterocycles. The van der Waals surface area contributed by atoms with Crippen LogP contribution in [0.1, 0.15) is 36.2 Å². The summed E-state index contributed by atoms with van der Waals surface area (Å²) < 4.78 is 5.30. The van der Waals surface area contributed by atoms with E-state index in [2.05, 4.69) is 5.32 Å². The third kappa shape index (κ3) is 6.11. The zero-order valence-corrected chi connectivity index (χ0v) is 17.3. The normalized spacial score (nSPS) is 11.9. The Morgan fingerprint density at radius 3 is 2.46 bits per heavy atom. The Morgan fingerprint density at radius 1 is 1.14 bits per heavy atom. The van der Waals surface area contributed by atoms with Gasteiger partial charge in [-0.05, 0) is 61.1 Å². The van der Waals surface area contributed by atoms with Gasteiger partial charge in [0.25, 0.3) is 5.91 Å². The molecule has 28 heavy (non-hydrogen) atoms. The second kappa shape index (κ2) is 10.9. The Morgan fingerprint density at radius 2 is 1.86 bits per heavy atom. The van der Waals surface area contributed by atoms with Crippen LogP contribution in [0.4, 0.5) is 0 Å². The molecule has 0 spiro atoms. The van der Waals surface area contributed by atoms with Gasteiger partial charge >= 0.3 is 5.97 Å². The summed E-state index contributed by atoms with van der Waals surface area (Å²) in [5.41, 5.74) is 2.75. The van der Waals surface area contributed by atoms with Gasteiger partial charge in [0.05, 0.1) is 12.7 Å². The molecule has 0 aliphatic heterocycles. The van der Waals surface area contributed by atoms with E-state index >= 15 is 0 Å². The van der Waals surface area contributed by atoms with Gasteiger partial charge < -0.3 is 15.2 Å². The maximum atomic E-state index is 13.0. The lowest BCUT2D eigenvalue weighted by Crippen LogP contribution is -2.43. The molecule has 0 aliphatic rings. The number of aliphatic hydroxyl groups is 1. The highest BCUT2D eigenvalue weighted by Gasteiger charge is 2.24. The Kier molecular flexibility index (Phi) is 8.54. The van der Waals surface area contributed by atoms with Crippen molar-refractivity contribution in [3.63, 3.8) is 0 Å². The summed E-state index contributed by atoms with van der Waals surface area (Å²) in [6, 6.07) is 14.0. The molecule has 150 valence electrons. The number of ether oxygens (including phenoxy) is 1. The van der Waals surface area contributed by atoms with Crippen LogP contribution >= 0.6 is 11.8 Å². The van der Waals surface area contributed by atoms with Crippen LogP contribution in [0.3, 0.4) is 0 Å². The van der Waals surface area contributed by atoms with Gasteiger partial charge in [-0.2, -0.15) is 11.8 Å². The van der Waals surface area contributed by atoms with Gasteiger partial charge in [0.15, 0.2) is 0 Å². The van der Waals surface area contributed by atoms with E-state index < -0.39 is 12.0 Å². The number of carbonyl (C=O) groups excluding carboxylic acids is 2. The monoisotopic (exact) mass is 401 g/mol. The summed E-state index contributed by atoms with van der Waals surface area (Å²) in [6.07, 6.45) is 2.20. The quantitative estimate of drug-likeness (QED) is 0.628. The number of thioether (sulfide) groups is 1. The zero-order chi connectivity index (χ0) is 20.5. The molecule has 1 amide bonds. The van der Waals surface area contributed by atoms with Crippen molar-refractivity contribution in [2.75, 3.05) is 12.0 Å². The van der Waals surface area contributed by atoms with Gasteiger partial charge in [0.1, 0.15) is 6.04 Å². The maximum absolute atomic E-state index is 13.0. The fourth-order valence-electron chi connectivity index (χ4n) is 2.78. The Labute approximate surface area is 170 Å². The summed E-state index contributed by atoms with van der Waals surface area (Å²) in [5.74, 6) is -0.0339. The number of esters is 1. The molecule has 1 atom stereocenters. The van der Waals surface area contributed by atoms with E-state index in [9.17, 15) is 14.7 Å². The smallest absolute Gasteiger partial charge is 0.328 e. The number of carbonyl (C=O) groups is 2. The molecule has 0 aliphatic carbocycles. The first kappa shape index (κ1) is 22.0. The van der Waals surface area contributed by atoms with Crippen LogP contribution in [0, 0.1) is 0 Å². The molecular weight excluding hydrogens is 374 g/mol. The SMILES string of the molecule is CSCCC(NC(=O)c1ccc(CO)cc1-c1ccccc1)C(=O)OC(C)C. The average molecular weight is 402 g/mol. The summed E-state index contributed by atoms with van der Waals surface area (Å²) in [5, 5.41) is 12.3. The average Bonchev–Trinajstić information content (AvgIpc) is 2.70. The molecule has 2 aromatic rings. The van der Waals surface area contributed by atoms with E-state index in [0.717, 1.165) is 11.3 Å². The highest BCUT2D eigenvalue weighted by molar-refractivity contribution is 7.98. The maximum Gasteiger partial charge on any atom is 0.328 e. The lowest BCUT2D eigenvalue weighted by atomic mass is 9.96. The van der Waals surface area contributed by atoms with Gasteiger partial charge in [-0.25, -0.2) is 4.79 Å². The number of rotatable bonds is 9. The van der Waals surface area contributed by atoms with Crippen LogP contribution in [0.5, 0.6) is 0 Å². The fraction of sp³-hybridized carbons (Fsp3) is 0.364. The van der Waals surface area contributed by atoms with Gasteiger partial charge in [0, 0.05) is 5.56 Å². The van der Waals surface area contributed by atoms with Crippen molar-refractivity contribution in [1.82, 2.24) is 5.32 Å². The number of benzene rings is 2. The molecule has 0 heterocycles. The second-order valence-electron chi connectivity index (χ2n) is 6.70. The lowest BCUT2D eigenvalue weighted by Gasteiger charge is -2.20. The Bertz CT molecular complexity index is 792. The van der Waals surface area contributed by atoms with Crippen molar-refractivity contribution in [2.24, 2.45) is 0 Å². The zero-order valence-electron chi connectivity index (χ0n) is 16.5. The van der Waals surface area contributed by atoms with E-state index in [1.165, 1.54) is 0 Å². The molecule has 6 heteroatoms. The van der Waals surface area contributed by atoms with Crippen molar-refractivity contribution in [2.45, 2.75) is 39.0 Å². The predicted octanol–water partition coefficient (Wildman–Crippen LogP) is 3.65. The molecule has 0 aromatic heterocycles. The molecule has 0 bridgehead atoms. The van der Waals surface area contributed by atoms with Crippen LogP contribution < -0.4 is 5.32 Å². The molecule has 2 aromatic carbocycles. The summed E-state index contributed by atoms with van der Waals surface area (Å²) >= 11 is 1.61. The van der Waals surface area contributed by atoms with E-state index in [-0.39, 0.29) is 18.6 Å². The minimum Gasteiger partial charge on any atom is -0.461 e. The number of aliphatic hydroxyl groups excluding tert-OH is 1. The molecule has 0 radical (unpaired) electrons. The van der Waals surface area contributed by atoms with E-state index in [4.69, 9.17) is 4.74 Å². The van der Waals surface area contributed by atoms with Crippen LogP contribution in [0.15, 0.2) is 48.5 Å². The first-order chi connectivity index (χ1) is 13.5. The molecule has 2 rings (SSSR count). The van der Waals surface area contributed by atoms with Gasteiger partial charge in [-0.1, -0.05) is 36.4 Å². The summed E-state index contributed by atoms with van der Waals surface area (Å²) in [7, 11) is 0. The number of nitrogens with one attached hydrogen (secondary N) is 1.